The summed E-state index contributed by atoms with van der Waals surface area (Å²) in [5, 5.41) is 7.27. The predicted molar refractivity (Wildman–Crippen MR) is 75.1 cm³/mol. The second kappa shape index (κ2) is 11.4. The Bertz CT molecular complexity index is 210. The molecule has 0 unspecified atom stereocenters. The van der Waals surface area contributed by atoms with Crippen LogP contribution in [-0.4, -0.2) is 57.3 Å². The molecule has 0 fully saturated rings. The highest BCUT2D eigenvalue weighted by Crippen LogP contribution is 2.00. The first-order chi connectivity index (χ1) is 8.56. The third kappa shape index (κ3) is 11.8. The number of ether oxygens (including phenoxy) is 2. The van der Waals surface area contributed by atoms with E-state index in [1.807, 2.05) is 0 Å². The average molecular weight is 259 g/mol. The molecule has 0 aromatic rings. The van der Waals surface area contributed by atoms with Gasteiger partial charge >= 0.3 is 0 Å². The molecule has 5 heteroatoms. The molecular formula is C13H29N3O2. The molecule has 0 saturated carbocycles. The van der Waals surface area contributed by atoms with E-state index in [1.165, 1.54) is 0 Å². The van der Waals surface area contributed by atoms with Crippen molar-refractivity contribution in [2.75, 3.05) is 46.6 Å². The molecule has 0 saturated heterocycles. The lowest BCUT2D eigenvalue weighted by Gasteiger charge is -2.23. The molecule has 0 atom stereocenters. The molecule has 108 valence electrons. The van der Waals surface area contributed by atoms with Crippen LogP contribution >= 0.6 is 0 Å². The van der Waals surface area contributed by atoms with Crippen molar-refractivity contribution in [1.82, 2.24) is 4.90 Å². The molecule has 0 aliphatic heterocycles. The second-order valence-electron chi connectivity index (χ2n) is 4.93. The standard InChI is InChI=1S/C13H29N3O2/c1-12(2)11-16(6-5-13(14)15)7-10-18-9-4-8-17-3/h12H,4-11H2,1-3H3,(H3,14,15). The largest absolute Gasteiger partial charge is 0.388 e. The zero-order valence-corrected chi connectivity index (χ0v) is 12.1. The van der Waals surface area contributed by atoms with Crippen LogP contribution in [-0.2, 0) is 9.47 Å². The van der Waals surface area contributed by atoms with Crippen molar-refractivity contribution >= 4 is 5.84 Å². The average Bonchev–Trinajstić information content (AvgIpc) is 2.29. The molecule has 0 heterocycles. The lowest BCUT2D eigenvalue weighted by atomic mass is 10.2. The zero-order valence-electron chi connectivity index (χ0n) is 12.1. The Hall–Kier alpha value is -0.650. The normalized spacial score (nSPS) is 11.4. The van der Waals surface area contributed by atoms with Crippen LogP contribution in [0.25, 0.3) is 0 Å². The molecule has 0 aliphatic carbocycles. The van der Waals surface area contributed by atoms with Gasteiger partial charge in [-0.15, -0.1) is 0 Å². The second-order valence-corrected chi connectivity index (χ2v) is 4.93. The number of nitrogens with zero attached hydrogens (tertiary/aromatic N) is 1. The Morgan fingerprint density at radius 2 is 1.94 bits per heavy atom. The molecule has 3 N–H and O–H groups in total. The van der Waals surface area contributed by atoms with Crippen molar-refractivity contribution < 1.29 is 9.47 Å². The highest BCUT2D eigenvalue weighted by atomic mass is 16.5. The van der Waals surface area contributed by atoms with Crippen molar-refractivity contribution in [3.8, 4) is 0 Å². The maximum Gasteiger partial charge on any atom is 0.0918 e. The van der Waals surface area contributed by atoms with Crippen LogP contribution in [0.2, 0.25) is 0 Å². The van der Waals surface area contributed by atoms with Gasteiger partial charge in [0.25, 0.3) is 0 Å². The van der Waals surface area contributed by atoms with E-state index >= 15 is 0 Å². The smallest absolute Gasteiger partial charge is 0.0918 e. The van der Waals surface area contributed by atoms with Gasteiger partial charge in [0.15, 0.2) is 0 Å². The molecule has 0 aliphatic rings. The van der Waals surface area contributed by atoms with Crippen molar-refractivity contribution in [3.05, 3.63) is 0 Å². The summed E-state index contributed by atoms with van der Waals surface area (Å²) in [7, 11) is 1.70. The molecule has 0 amide bonds. The zero-order chi connectivity index (χ0) is 13.8. The molecule has 0 rings (SSSR count). The van der Waals surface area contributed by atoms with Crippen molar-refractivity contribution in [2.45, 2.75) is 26.7 Å². The number of hydrogen-bond donors (Lipinski definition) is 2. The summed E-state index contributed by atoms with van der Waals surface area (Å²) in [5.74, 6) is 0.871. The van der Waals surface area contributed by atoms with Gasteiger partial charge in [-0.3, -0.25) is 5.41 Å². The number of nitrogens with two attached hydrogens (primary N) is 1. The molecule has 0 aromatic carbocycles. The van der Waals surface area contributed by atoms with Gasteiger partial charge in [0.2, 0.25) is 0 Å². The first kappa shape index (κ1) is 17.4. The monoisotopic (exact) mass is 259 g/mol. The molecule has 0 aromatic heterocycles. The van der Waals surface area contributed by atoms with Gasteiger partial charge < -0.3 is 20.1 Å². The van der Waals surface area contributed by atoms with Gasteiger partial charge in [0, 0.05) is 46.4 Å². The number of methoxy groups -OCH3 is 1. The third-order valence-electron chi connectivity index (χ3n) is 2.51. The topological polar surface area (TPSA) is 71.6 Å². The summed E-state index contributed by atoms with van der Waals surface area (Å²) in [5.41, 5.74) is 5.39. The highest BCUT2D eigenvalue weighted by Gasteiger charge is 2.07. The quantitative estimate of drug-likeness (QED) is 0.315. The Kier molecular flexibility index (Phi) is 11.0. The van der Waals surface area contributed by atoms with E-state index in [-0.39, 0.29) is 5.84 Å². The van der Waals surface area contributed by atoms with Crippen LogP contribution < -0.4 is 5.73 Å². The van der Waals surface area contributed by atoms with Crippen LogP contribution in [0.1, 0.15) is 26.7 Å². The SMILES string of the molecule is COCCCOCCN(CCC(=N)N)CC(C)C. The lowest BCUT2D eigenvalue weighted by molar-refractivity contribution is 0.0816. The van der Waals surface area contributed by atoms with Gasteiger partial charge in [-0.2, -0.15) is 0 Å². The summed E-state index contributed by atoms with van der Waals surface area (Å²) in [6.07, 6.45) is 1.57. The van der Waals surface area contributed by atoms with E-state index in [4.69, 9.17) is 20.6 Å². The number of nitrogens with one attached hydrogen (secondary N) is 1. The summed E-state index contributed by atoms with van der Waals surface area (Å²) < 4.78 is 10.5. The first-order valence-electron chi connectivity index (χ1n) is 6.68. The first-order valence-corrected chi connectivity index (χ1v) is 6.68. The number of amidine groups is 1. The van der Waals surface area contributed by atoms with Gasteiger partial charge in [-0.25, -0.2) is 0 Å². The fraction of sp³-hybridized carbons (Fsp3) is 0.923. The molecule has 0 bridgehead atoms. The fourth-order valence-corrected chi connectivity index (χ4v) is 1.69. The van der Waals surface area contributed by atoms with Crippen LogP contribution in [0, 0.1) is 11.3 Å². The third-order valence-corrected chi connectivity index (χ3v) is 2.51. The summed E-state index contributed by atoms with van der Waals surface area (Å²) in [4.78, 5) is 2.31. The van der Waals surface area contributed by atoms with E-state index in [9.17, 15) is 0 Å². The summed E-state index contributed by atoms with van der Waals surface area (Å²) in [6.45, 7) is 9.38. The molecule has 5 nitrogen and oxygen atoms in total. The van der Waals surface area contributed by atoms with Gasteiger partial charge in [-0.05, 0) is 12.3 Å². The molecule has 18 heavy (non-hydrogen) atoms. The lowest BCUT2D eigenvalue weighted by Crippen LogP contribution is -2.34. The van der Waals surface area contributed by atoms with E-state index in [2.05, 4.69) is 18.7 Å². The van der Waals surface area contributed by atoms with Crippen LogP contribution in [0.3, 0.4) is 0 Å². The van der Waals surface area contributed by atoms with Gasteiger partial charge in [0.1, 0.15) is 0 Å². The van der Waals surface area contributed by atoms with E-state index < -0.39 is 0 Å². The maximum absolute atomic E-state index is 7.27. The summed E-state index contributed by atoms with van der Waals surface area (Å²) in [6, 6.07) is 0. The van der Waals surface area contributed by atoms with E-state index in [1.54, 1.807) is 7.11 Å². The fourth-order valence-electron chi connectivity index (χ4n) is 1.69. The highest BCUT2D eigenvalue weighted by molar-refractivity contribution is 5.76. The van der Waals surface area contributed by atoms with Crippen LogP contribution in [0.4, 0.5) is 0 Å². The molecule has 0 spiro atoms. The predicted octanol–water partition coefficient (Wildman–Crippen LogP) is 1.32. The Labute approximate surface area is 111 Å². The Morgan fingerprint density at radius 1 is 1.22 bits per heavy atom. The van der Waals surface area contributed by atoms with Crippen LogP contribution in [0.15, 0.2) is 0 Å². The minimum absolute atomic E-state index is 0.254. The van der Waals surface area contributed by atoms with Crippen molar-refractivity contribution in [3.63, 3.8) is 0 Å². The minimum Gasteiger partial charge on any atom is -0.388 e. The van der Waals surface area contributed by atoms with E-state index in [0.717, 1.165) is 45.9 Å². The van der Waals surface area contributed by atoms with Crippen molar-refractivity contribution in [2.24, 2.45) is 11.7 Å². The van der Waals surface area contributed by atoms with E-state index in [0.29, 0.717) is 12.3 Å². The number of hydrogen-bond acceptors (Lipinski definition) is 4. The summed E-state index contributed by atoms with van der Waals surface area (Å²) >= 11 is 0. The van der Waals surface area contributed by atoms with Gasteiger partial charge in [0.05, 0.1) is 12.4 Å². The molecular weight excluding hydrogens is 230 g/mol. The Morgan fingerprint density at radius 3 is 2.50 bits per heavy atom. The van der Waals surface area contributed by atoms with Crippen molar-refractivity contribution in [1.29, 1.82) is 5.41 Å². The minimum atomic E-state index is 0.254. The maximum atomic E-state index is 7.27. The molecule has 0 radical (unpaired) electrons. The Balaban J connectivity index is 3.68. The van der Waals surface area contributed by atoms with Gasteiger partial charge in [-0.1, -0.05) is 13.8 Å². The number of rotatable bonds is 12. The van der Waals surface area contributed by atoms with Crippen LogP contribution in [0.5, 0.6) is 0 Å².